The average molecular weight is 566 g/mol. The molecule has 2 aromatic carbocycles. The van der Waals surface area contributed by atoms with Crippen LogP contribution in [0.5, 0.6) is 5.75 Å². The fraction of sp³-hybridized carbons (Fsp3) is 0.281. The van der Waals surface area contributed by atoms with Gasteiger partial charge >= 0.3 is 0 Å². The van der Waals surface area contributed by atoms with E-state index in [9.17, 15) is 9.59 Å². The molecule has 0 atom stereocenters. The normalized spacial score (nSPS) is 14.3. The van der Waals surface area contributed by atoms with E-state index in [1.54, 1.807) is 16.9 Å². The number of nitrogens with one attached hydrogen (secondary N) is 3. The number of H-pyrrole nitrogens is 2. The van der Waals surface area contributed by atoms with Gasteiger partial charge in [-0.25, -0.2) is 0 Å². The standard InChI is InChI=1S/C32H35N7O3/c1-37-11-13-38(14-12-37)10-5-15-42-27-8-9-29-24(16-27)17-30(36-29)28-18-26(20-33-32(28)41)35-31(40)25-19-34-39(22-25)21-23-6-3-2-4-7-23/h2-4,6-9,16-20,22,36H,5,10-15,21H2,1H3,(H,33,41)(H,35,40). The molecule has 1 amide bonds. The van der Waals surface area contributed by atoms with Gasteiger partial charge in [0.05, 0.1) is 41.9 Å². The minimum absolute atomic E-state index is 0.254. The molecule has 0 radical (unpaired) electrons. The van der Waals surface area contributed by atoms with Gasteiger partial charge < -0.3 is 29.8 Å². The van der Waals surface area contributed by atoms with E-state index in [0.717, 1.165) is 61.4 Å². The van der Waals surface area contributed by atoms with Crippen LogP contribution in [0, 0.1) is 0 Å². The molecule has 1 aliphatic heterocycles. The highest BCUT2D eigenvalue weighted by molar-refractivity contribution is 6.04. The Morgan fingerprint density at radius 2 is 1.88 bits per heavy atom. The molecule has 216 valence electrons. The molecular formula is C32H35N7O3. The number of aromatic amines is 2. The number of benzene rings is 2. The summed E-state index contributed by atoms with van der Waals surface area (Å²) in [5, 5.41) is 8.12. The predicted octanol–water partition coefficient (Wildman–Crippen LogP) is 4.04. The minimum atomic E-state index is -0.307. The lowest BCUT2D eigenvalue weighted by Gasteiger charge is -2.32. The summed E-state index contributed by atoms with van der Waals surface area (Å²) in [5.41, 5.74) is 3.73. The first-order valence-electron chi connectivity index (χ1n) is 14.3. The van der Waals surface area contributed by atoms with Crippen LogP contribution in [0.25, 0.3) is 22.2 Å². The topological polar surface area (TPSA) is 111 Å². The molecular weight excluding hydrogens is 530 g/mol. The maximum Gasteiger partial charge on any atom is 0.258 e. The van der Waals surface area contributed by atoms with Gasteiger partial charge in [-0.15, -0.1) is 0 Å². The van der Waals surface area contributed by atoms with E-state index in [0.29, 0.717) is 35.7 Å². The molecule has 1 fully saturated rings. The Labute approximate surface area is 243 Å². The molecule has 10 nitrogen and oxygen atoms in total. The third-order valence-corrected chi connectivity index (χ3v) is 7.61. The number of aromatic nitrogens is 4. The second kappa shape index (κ2) is 12.5. The van der Waals surface area contributed by atoms with Crippen LogP contribution in [0.4, 0.5) is 5.69 Å². The van der Waals surface area contributed by atoms with Crippen LogP contribution < -0.4 is 15.6 Å². The van der Waals surface area contributed by atoms with Crippen molar-refractivity contribution in [2.75, 3.05) is 51.7 Å². The van der Waals surface area contributed by atoms with Crippen LogP contribution in [-0.2, 0) is 6.54 Å². The van der Waals surface area contributed by atoms with Crippen molar-refractivity contribution in [2.24, 2.45) is 0 Å². The number of pyridine rings is 1. The summed E-state index contributed by atoms with van der Waals surface area (Å²) in [4.78, 5) is 36.6. The van der Waals surface area contributed by atoms with E-state index < -0.39 is 0 Å². The molecule has 0 unspecified atom stereocenters. The number of carbonyl (C=O) groups is 1. The van der Waals surface area contributed by atoms with Crippen LogP contribution in [0.15, 0.2) is 84.0 Å². The molecule has 4 heterocycles. The number of hydrogen-bond donors (Lipinski definition) is 3. The van der Waals surface area contributed by atoms with Gasteiger partial charge in [0.25, 0.3) is 11.5 Å². The Morgan fingerprint density at radius 3 is 2.71 bits per heavy atom. The number of fused-ring (bicyclic) bond motifs is 1. The third kappa shape index (κ3) is 6.62. The molecule has 10 heteroatoms. The lowest BCUT2D eigenvalue weighted by Crippen LogP contribution is -2.44. The average Bonchev–Trinajstić information content (AvgIpc) is 3.65. The van der Waals surface area contributed by atoms with Gasteiger partial charge in [0.15, 0.2) is 0 Å². The zero-order valence-electron chi connectivity index (χ0n) is 23.7. The smallest absolute Gasteiger partial charge is 0.258 e. The third-order valence-electron chi connectivity index (χ3n) is 7.61. The SMILES string of the molecule is CN1CCN(CCCOc2ccc3[nH]c(-c4cc(NC(=O)c5cnn(Cc6ccccc6)c5)c[nH]c4=O)cc3c2)CC1. The molecule has 3 N–H and O–H groups in total. The van der Waals surface area contributed by atoms with Crippen LogP contribution in [-0.4, -0.2) is 81.8 Å². The molecule has 1 aliphatic rings. The van der Waals surface area contributed by atoms with Gasteiger partial charge in [-0.2, -0.15) is 5.10 Å². The van der Waals surface area contributed by atoms with Crippen molar-refractivity contribution in [3.05, 3.63) is 101 Å². The first kappa shape index (κ1) is 27.5. The second-order valence-corrected chi connectivity index (χ2v) is 10.8. The number of nitrogens with zero attached hydrogens (tertiary/aromatic N) is 4. The van der Waals surface area contributed by atoms with Gasteiger partial charge in [-0.05, 0) is 49.4 Å². The van der Waals surface area contributed by atoms with E-state index >= 15 is 0 Å². The zero-order valence-corrected chi connectivity index (χ0v) is 23.7. The summed E-state index contributed by atoms with van der Waals surface area (Å²) in [6, 6.07) is 19.4. The Kier molecular flexibility index (Phi) is 8.16. The molecule has 0 saturated carbocycles. The predicted molar refractivity (Wildman–Crippen MR) is 164 cm³/mol. The molecule has 1 saturated heterocycles. The summed E-state index contributed by atoms with van der Waals surface area (Å²) < 4.78 is 7.75. The van der Waals surface area contributed by atoms with Crippen molar-refractivity contribution in [1.82, 2.24) is 29.5 Å². The highest BCUT2D eigenvalue weighted by atomic mass is 16.5. The summed E-state index contributed by atoms with van der Waals surface area (Å²) in [5.74, 6) is 0.493. The number of piperazine rings is 1. The van der Waals surface area contributed by atoms with E-state index in [1.807, 2.05) is 54.6 Å². The number of likely N-dealkylation sites (N-methyl/N-ethyl adjacent to an activating group) is 1. The van der Waals surface area contributed by atoms with Gasteiger partial charge in [0.2, 0.25) is 0 Å². The first-order valence-corrected chi connectivity index (χ1v) is 14.3. The lowest BCUT2D eigenvalue weighted by molar-refractivity contribution is 0.102. The van der Waals surface area contributed by atoms with E-state index in [-0.39, 0.29) is 11.5 Å². The van der Waals surface area contributed by atoms with Crippen LogP contribution in [0.3, 0.4) is 0 Å². The van der Waals surface area contributed by atoms with Crippen molar-refractivity contribution in [2.45, 2.75) is 13.0 Å². The Morgan fingerprint density at radius 1 is 1.05 bits per heavy atom. The number of ether oxygens (including phenoxy) is 1. The maximum absolute atomic E-state index is 12.9. The quantitative estimate of drug-likeness (QED) is 0.221. The van der Waals surface area contributed by atoms with Crippen molar-refractivity contribution < 1.29 is 9.53 Å². The fourth-order valence-corrected chi connectivity index (χ4v) is 5.19. The number of carbonyl (C=O) groups excluding carboxylic acids is 1. The van der Waals surface area contributed by atoms with Gasteiger partial charge in [0.1, 0.15) is 5.75 Å². The largest absolute Gasteiger partial charge is 0.494 e. The number of anilines is 1. The summed E-state index contributed by atoms with van der Waals surface area (Å²) in [6.45, 7) is 6.72. The van der Waals surface area contributed by atoms with Crippen LogP contribution in [0.2, 0.25) is 0 Å². The molecule has 0 aliphatic carbocycles. The monoisotopic (exact) mass is 565 g/mol. The van der Waals surface area contributed by atoms with Crippen LogP contribution >= 0.6 is 0 Å². The minimum Gasteiger partial charge on any atom is -0.494 e. The second-order valence-electron chi connectivity index (χ2n) is 10.8. The van der Waals surface area contributed by atoms with Gasteiger partial charge in [-0.3, -0.25) is 14.3 Å². The van der Waals surface area contributed by atoms with Crippen LogP contribution in [0.1, 0.15) is 22.3 Å². The van der Waals surface area contributed by atoms with E-state index in [2.05, 4.69) is 37.2 Å². The Bertz CT molecular complexity index is 1720. The highest BCUT2D eigenvalue weighted by Gasteiger charge is 2.15. The zero-order chi connectivity index (χ0) is 28.9. The van der Waals surface area contributed by atoms with Gasteiger partial charge in [0, 0.05) is 56.0 Å². The van der Waals surface area contributed by atoms with Gasteiger partial charge in [-0.1, -0.05) is 30.3 Å². The number of amides is 1. The van der Waals surface area contributed by atoms with E-state index in [4.69, 9.17) is 4.74 Å². The molecule has 6 rings (SSSR count). The highest BCUT2D eigenvalue weighted by Crippen LogP contribution is 2.27. The van der Waals surface area contributed by atoms with Crippen molar-refractivity contribution in [3.63, 3.8) is 0 Å². The summed E-state index contributed by atoms with van der Waals surface area (Å²) in [6.07, 6.45) is 5.71. The first-order chi connectivity index (χ1) is 20.5. The maximum atomic E-state index is 12.9. The van der Waals surface area contributed by atoms with E-state index in [1.165, 1.54) is 12.4 Å². The Balaban J connectivity index is 1.09. The Hall–Kier alpha value is -4.67. The fourth-order valence-electron chi connectivity index (χ4n) is 5.19. The number of rotatable bonds is 10. The number of hydrogen-bond acceptors (Lipinski definition) is 6. The molecule has 42 heavy (non-hydrogen) atoms. The molecule has 5 aromatic rings. The molecule has 0 bridgehead atoms. The molecule has 3 aromatic heterocycles. The molecule has 0 spiro atoms. The van der Waals surface area contributed by atoms with Crippen molar-refractivity contribution >= 4 is 22.5 Å². The lowest BCUT2D eigenvalue weighted by atomic mass is 10.1. The van der Waals surface area contributed by atoms with Crippen molar-refractivity contribution in [3.8, 4) is 17.0 Å². The van der Waals surface area contributed by atoms with Crippen molar-refractivity contribution in [1.29, 1.82) is 0 Å². The summed E-state index contributed by atoms with van der Waals surface area (Å²) in [7, 11) is 2.17. The summed E-state index contributed by atoms with van der Waals surface area (Å²) >= 11 is 0.